The number of nitrogens with two attached hydrogens (primary N) is 1. The first-order valence-electron chi connectivity index (χ1n) is 6.85. The van der Waals surface area contributed by atoms with E-state index >= 15 is 0 Å². The molecule has 0 saturated carbocycles. The van der Waals surface area contributed by atoms with Crippen LogP contribution in [0.1, 0.15) is 53.9 Å². The highest BCUT2D eigenvalue weighted by Gasteiger charge is 2.23. The Labute approximate surface area is 103 Å². The molecule has 2 heteroatoms. The van der Waals surface area contributed by atoms with Gasteiger partial charge in [-0.2, -0.15) is 0 Å². The maximum Gasteiger partial charge on any atom is 0.0243 e. The summed E-state index contributed by atoms with van der Waals surface area (Å²) in [6, 6.07) is 1.17. The Balaban J connectivity index is 4.33. The fraction of sp³-hybridized carbons (Fsp3) is 1.00. The molecule has 2 N–H and O–H groups in total. The third-order valence-electron chi connectivity index (χ3n) is 3.67. The maximum atomic E-state index is 5.93. The van der Waals surface area contributed by atoms with Crippen LogP contribution in [0.5, 0.6) is 0 Å². The van der Waals surface area contributed by atoms with Gasteiger partial charge in [0.25, 0.3) is 0 Å². The van der Waals surface area contributed by atoms with Crippen molar-refractivity contribution in [3.05, 3.63) is 0 Å². The second-order valence-electron chi connectivity index (χ2n) is 5.71. The van der Waals surface area contributed by atoms with E-state index in [0.717, 1.165) is 12.5 Å². The van der Waals surface area contributed by atoms with Gasteiger partial charge < -0.3 is 5.73 Å². The lowest BCUT2D eigenvalue weighted by Crippen LogP contribution is -2.47. The summed E-state index contributed by atoms with van der Waals surface area (Å²) in [6.07, 6.45) is 3.79. The van der Waals surface area contributed by atoms with Gasteiger partial charge in [0.2, 0.25) is 0 Å². The Bertz CT molecular complexity index is 168. The minimum Gasteiger partial charge on any atom is -0.329 e. The van der Waals surface area contributed by atoms with E-state index in [2.05, 4.69) is 46.6 Å². The standard InChI is InChI=1S/C14H32N2/c1-7-8-12(4)14(10-15)16(6)13(5)9-11(2)3/h11-14H,7-10,15H2,1-6H3. The smallest absolute Gasteiger partial charge is 0.0243 e. The molecule has 0 bridgehead atoms. The molecule has 0 radical (unpaired) electrons. The van der Waals surface area contributed by atoms with Gasteiger partial charge >= 0.3 is 0 Å². The zero-order valence-corrected chi connectivity index (χ0v) is 12.2. The summed E-state index contributed by atoms with van der Waals surface area (Å²) in [4.78, 5) is 2.49. The molecule has 0 aliphatic rings. The fourth-order valence-electron chi connectivity index (χ4n) is 2.62. The van der Waals surface area contributed by atoms with Gasteiger partial charge in [-0.15, -0.1) is 0 Å². The Morgan fingerprint density at radius 3 is 2.06 bits per heavy atom. The molecule has 3 unspecified atom stereocenters. The predicted molar refractivity (Wildman–Crippen MR) is 73.6 cm³/mol. The van der Waals surface area contributed by atoms with Gasteiger partial charge in [0.1, 0.15) is 0 Å². The molecule has 0 aromatic carbocycles. The molecule has 0 aromatic rings. The van der Waals surface area contributed by atoms with Gasteiger partial charge in [-0.25, -0.2) is 0 Å². The summed E-state index contributed by atoms with van der Waals surface area (Å²) in [5.41, 5.74) is 5.93. The molecule has 3 atom stereocenters. The van der Waals surface area contributed by atoms with E-state index in [9.17, 15) is 0 Å². The van der Waals surface area contributed by atoms with Crippen LogP contribution in [-0.4, -0.2) is 30.6 Å². The SMILES string of the molecule is CCCC(C)C(CN)N(C)C(C)CC(C)C. The summed E-state index contributed by atoms with van der Waals surface area (Å²) in [7, 11) is 2.23. The summed E-state index contributed by atoms with van der Waals surface area (Å²) in [5, 5.41) is 0. The van der Waals surface area contributed by atoms with Crippen molar-refractivity contribution in [2.24, 2.45) is 17.6 Å². The molecule has 0 aromatic heterocycles. The number of hydrogen-bond donors (Lipinski definition) is 1. The van der Waals surface area contributed by atoms with Crippen molar-refractivity contribution < 1.29 is 0 Å². The molecular weight excluding hydrogens is 196 g/mol. The van der Waals surface area contributed by atoms with E-state index in [1.807, 2.05) is 0 Å². The third kappa shape index (κ3) is 5.31. The van der Waals surface area contributed by atoms with Crippen LogP contribution in [0.2, 0.25) is 0 Å². The van der Waals surface area contributed by atoms with E-state index in [1.54, 1.807) is 0 Å². The molecule has 0 heterocycles. The predicted octanol–water partition coefficient (Wildman–Crippen LogP) is 3.12. The molecule has 16 heavy (non-hydrogen) atoms. The lowest BCUT2D eigenvalue weighted by atomic mass is 9.93. The van der Waals surface area contributed by atoms with Crippen LogP contribution in [0.3, 0.4) is 0 Å². The average molecular weight is 228 g/mol. The van der Waals surface area contributed by atoms with Crippen molar-refractivity contribution in [2.45, 2.75) is 66.0 Å². The van der Waals surface area contributed by atoms with Crippen LogP contribution in [0.25, 0.3) is 0 Å². The van der Waals surface area contributed by atoms with Gasteiger partial charge in [-0.1, -0.05) is 34.1 Å². The van der Waals surface area contributed by atoms with Crippen molar-refractivity contribution in [1.82, 2.24) is 4.90 Å². The molecule has 0 saturated heterocycles. The van der Waals surface area contributed by atoms with E-state index in [0.29, 0.717) is 18.0 Å². The Morgan fingerprint density at radius 1 is 1.12 bits per heavy atom. The Morgan fingerprint density at radius 2 is 1.69 bits per heavy atom. The van der Waals surface area contributed by atoms with E-state index < -0.39 is 0 Å². The van der Waals surface area contributed by atoms with Gasteiger partial charge in [-0.05, 0) is 38.6 Å². The molecule has 0 aliphatic heterocycles. The molecule has 2 nitrogen and oxygen atoms in total. The first-order valence-corrected chi connectivity index (χ1v) is 6.85. The first-order chi connectivity index (χ1) is 7.43. The number of nitrogens with zero attached hydrogens (tertiary/aromatic N) is 1. The summed E-state index contributed by atoms with van der Waals surface area (Å²) in [6.45, 7) is 12.3. The molecule has 98 valence electrons. The Kier molecular flexibility index (Phi) is 8.04. The molecule has 0 fully saturated rings. The summed E-state index contributed by atoms with van der Waals surface area (Å²) in [5.74, 6) is 1.46. The second-order valence-corrected chi connectivity index (χ2v) is 5.71. The lowest BCUT2D eigenvalue weighted by Gasteiger charge is -2.37. The van der Waals surface area contributed by atoms with Gasteiger partial charge in [0, 0.05) is 18.6 Å². The maximum absolute atomic E-state index is 5.93. The van der Waals surface area contributed by atoms with Crippen molar-refractivity contribution in [3.8, 4) is 0 Å². The highest BCUT2D eigenvalue weighted by atomic mass is 15.2. The van der Waals surface area contributed by atoms with Crippen LogP contribution in [0.15, 0.2) is 0 Å². The largest absolute Gasteiger partial charge is 0.329 e. The zero-order valence-electron chi connectivity index (χ0n) is 12.2. The average Bonchev–Trinajstić information content (AvgIpc) is 2.17. The number of likely N-dealkylation sites (N-methyl/N-ethyl adjacent to an activating group) is 1. The van der Waals surface area contributed by atoms with Crippen molar-refractivity contribution >= 4 is 0 Å². The molecule has 0 rings (SSSR count). The van der Waals surface area contributed by atoms with Crippen LogP contribution in [0.4, 0.5) is 0 Å². The lowest BCUT2D eigenvalue weighted by molar-refractivity contribution is 0.124. The van der Waals surface area contributed by atoms with Crippen LogP contribution >= 0.6 is 0 Å². The Hall–Kier alpha value is -0.0800. The van der Waals surface area contributed by atoms with Gasteiger partial charge in [0.05, 0.1) is 0 Å². The van der Waals surface area contributed by atoms with Gasteiger partial charge in [-0.3, -0.25) is 4.90 Å². The molecule has 0 spiro atoms. The topological polar surface area (TPSA) is 29.3 Å². The highest BCUT2D eigenvalue weighted by Crippen LogP contribution is 2.19. The van der Waals surface area contributed by atoms with E-state index in [4.69, 9.17) is 5.73 Å². The quantitative estimate of drug-likeness (QED) is 0.691. The highest BCUT2D eigenvalue weighted by molar-refractivity contribution is 4.79. The summed E-state index contributed by atoms with van der Waals surface area (Å²) < 4.78 is 0. The number of hydrogen-bond acceptors (Lipinski definition) is 2. The fourth-order valence-corrected chi connectivity index (χ4v) is 2.62. The molecular formula is C14H32N2. The van der Waals surface area contributed by atoms with Crippen LogP contribution in [-0.2, 0) is 0 Å². The zero-order chi connectivity index (χ0) is 12.7. The molecule has 0 aliphatic carbocycles. The van der Waals surface area contributed by atoms with Crippen LogP contribution < -0.4 is 5.73 Å². The second kappa shape index (κ2) is 8.08. The minimum atomic E-state index is 0.536. The van der Waals surface area contributed by atoms with E-state index in [-0.39, 0.29) is 0 Å². The van der Waals surface area contributed by atoms with Crippen molar-refractivity contribution in [3.63, 3.8) is 0 Å². The minimum absolute atomic E-state index is 0.536. The third-order valence-corrected chi connectivity index (χ3v) is 3.67. The van der Waals surface area contributed by atoms with E-state index in [1.165, 1.54) is 19.3 Å². The molecule has 0 amide bonds. The first kappa shape index (κ1) is 15.9. The monoisotopic (exact) mass is 228 g/mol. The van der Waals surface area contributed by atoms with Crippen LogP contribution in [0, 0.1) is 11.8 Å². The van der Waals surface area contributed by atoms with Crippen molar-refractivity contribution in [1.29, 1.82) is 0 Å². The van der Waals surface area contributed by atoms with Gasteiger partial charge in [0.15, 0.2) is 0 Å². The summed E-state index contributed by atoms with van der Waals surface area (Å²) >= 11 is 0. The normalized spacial score (nSPS) is 17.8. The number of rotatable bonds is 8. The van der Waals surface area contributed by atoms with Crippen molar-refractivity contribution in [2.75, 3.05) is 13.6 Å².